The standard InChI is InChI=1S/C28H35N3.2CH3.Fe/c1-19(29-25-15-11-9-13-21(25)27(3,4)5)23-17-18-24(31-23)20(2)30-26-16-12-10-14-22(26)28(6,7)8;;;/h9-18,31H,1-8H3;2*1H3;/q;2*-1;+2. The fourth-order valence-corrected chi connectivity index (χ4v) is 3.71. The molecule has 3 nitrogen and oxygen atoms in total. The Kier molecular flexibility index (Phi) is 11.5. The Morgan fingerprint density at radius 1 is 0.588 bits per heavy atom. The minimum atomic E-state index is 0. The minimum Gasteiger partial charge on any atom is -0.358 e. The molecule has 4 heteroatoms. The molecule has 1 N–H and O–H groups in total. The molecule has 0 aliphatic carbocycles. The van der Waals surface area contributed by atoms with Crippen molar-refractivity contribution in [1.29, 1.82) is 0 Å². The van der Waals surface area contributed by atoms with E-state index in [0.717, 1.165) is 34.2 Å². The van der Waals surface area contributed by atoms with E-state index >= 15 is 0 Å². The van der Waals surface area contributed by atoms with Crippen LogP contribution in [0.5, 0.6) is 0 Å². The second-order valence-corrected chi connectivity index (χ2v) is 10.2. The SMILES string of the molecule is CC(=Nc1ccccc1C(C)(C)C)c1ccc(C(C)=Nc2ccccc2C(C)(C)C)[nH]1.[CH3-].[CH3-].[Fe+2]. The summed E-state index contributed by atoms with van der Waals surface area (Å²) in [7, 11) is 0. The number of nitrogens with zero attached hydrogens (tertiary/aromatic N) is 2. The van der Waals surface area contributed by atoms with Gasteiger partial charge in [-0.2, -0.15) is 0 Å². The first-order valence-electron chi connectivity index (χ1n) is 11.0. The Labute approximate surface area is 218 Å². The average molecular weight is 500 g/mol. The predicted octanol–water partition coefficient (Wildman–Crippen LogP) is 8.79. The smallest absolute Gasteiger partial charge is 0.358 e. The molecule has 0 aliphatic heterocycles. The molecule has 0 aliphatic rings. The van der Waals surface area contributed by atoms with Crippen LogP contribution in [0.2, 0.25) is 0 Å². The number of hydrogen-bond donors (Lipinski definition) is 1. The number of aliphatic imine (C=N–C) groups is 2. The van der Waals surface area contributed by atoms with E-state index in [-0.39, 0.29) is 42.8 Å². The monoisotopic (exact) mass is 499 g/mol. The van der Waals surface area contributed by atoms with Crippen LogP contribution < -0.4 is 0 Å². The van der Waals surface area contributed by atoms with Crippen molar-refractivity contribution in [3.05, 3.63) is 98.0 Å². The van der Waals surface area contributed by atoms with E-state index in [4.69, 9.17) is 9.98 Å². The van der Waals surface area contributed by atoms with Crippen LogP contribution in [-0.4, -0.2) is 16.4 Å². The maximum atomic E-state index is 4.94. The van der Waals surface area contributed by atoms with Crippen LogP contribution in [-0.2, 0) is 27.9 Å². The van der Waals surface area contributed by atoms with Gasteiger partial charge in [0.1, 0.15) is 0 Å². The van der Waals surface area contributed by atoms with Crippen LogP contribution in [0.4, 0.5) is 11.4 Å². The number of nitrogens with one attached hydrogen (secondary N) is 1. The fourth-order valence-electron chi connectivity index (χ4n) is 3.71. The molecule has 0 bridgehead atoms. The van der Waals surface area contributed by atoms with Crippen molar-refractivity contribution in [2.75, 3.05) is 0 Å². The van der Waals surface area contributed by atoms with Crippen LogP contribution in [0.25, 0.3) is 0 Å². The van der Waals surface area contributed by atoms with Crippen molar-refractivity contribution < 1.29 is 17.1 Å². The van der Waals surface area contributed by atoms with Gasteiger partial charge in [-0.25, -0.2) is 0 Å². The van der Waals surface area contributed by atoms with Gasteiger partial charge in [-0.05, 0) is 60.1 Å². The maximum absolute atomic E-state index is 4.94. The van der Waals surface area contributed by atoms with Gasteiger partial charge in [0.05, 0.1) is 34.2 Å². The third-order valence-corrected chi connectivity index (χ3v) is 5.47. The molecule has 2 aromatic carbocycles. The summed E-state index contributed by atoms with van der Waals surface area (Å²) in [6, 6.07) is 20.9. The summed E-state index contributed by atoms with van der Waals surface area (Å²) < 4.78 is 0. The number of benzene rings is 2. The first-order valence-corrected chi connectivity index (χ1v) is 11.0. The molecule has 3 rings (SSSR count). The van der Waals surface area contributed by atoms with E-state index < -0.39 is 0 Å². The summed E-state index contributed by atoms with van der Waals surface area (Å²) in [5, 5.41) is 0. The largest absolute Gasteiger partial charge is 2.00 e. The van der Waals surface area contributed by atoms with Crippen molar-refractivity contribution >= 4 is 22.8 Å². The molecule has 0 atom stereocenters. The van der Waals surface area contributed by atoms with Crippen molar-refractivity contribution in [2.24, 2.45) is 9.98 Å². The van der Waals surface area contributed by atoms with Crippen LogP contribution >= 0.6 is 0 Å². The Morgan fingerprint density at radius 2 is 0.912 bits per heavy atom. The minimum absolute atomic E-state index is 0. The summed E-state index contributed by atoms with van der Waals surface area (Å²) in [5.74, 6) is 0. The molecule has 0 amide bonds. The second-order valence-electron chi connectivity index (χ2n) is 10.2. The van der Waals surface area contributed by atoms with Crippen LogP contribution in [0.1, 0.15) is 77.9 Å². The van der Waals surface area contributed by atoms with E-state index in [9.17, 15) is 0 Å². The summed E-state index contributed by atoms with van der Waals surface area (Å²) in [5.41, 5.74) is 8.58. The molecular formula is C30H41FeN3. The molecule has 0 fully saturated rings. The van der Waals surface area contributed by atoms with Crippen molar-refractivity contribution in [2.45, 2.75) is 66.2 Å². The van der Waals surface area contributed by atoms with E-state index in [0.29, 0.717) is 0 Å². The molecule has 1 aromatic heterocycles. The van der Waals surface area contributed by atoms with Gasteiger partial charge in [0.15, 0.2) is 0 Å². The van der Waals surface area contributed by atoms with E-state index in [1.165, 1.54) is 11.1 Å². The van der Waals surface area contributed by atoms with Gasteiger partial charge in [-0.15, -0.1) is 0 Å². The molecule has 3 aromatic rings. The molecule has 184 valence electrons. The van der Waals surface area contributed by atoms with E-state index in [1.807, 2.05) is 12.1 Å². The Morgan fingerprint density at radius 3 is 1.24 bits per heavy atom. The Bertz CT molecular complexity index is 1030. The second kappa shape index (κ2) is 12.3. The van der Waals surface area contributed by atoms with Crippen molar-refractivity contribution in [3.8, 4) is 0 Å². The molecule has 0 saturated carbocycles. The van der Waals surface area contributed by atoms with Gasteiger partial charge in [-0.1, -0.05) is 77.9 Å². The summed E-state index contributed by atoms with van der Waals surface area (Å²) >= 11 is 0. The van der Waals surface area contributed by atoms with Gasteiger partial charge in [-0.3, -0.25) is 9.98 Å². The summed E-state index contributed by atoms with van der Waals surface area (Å²) in [6.45, 7) is 17.4. The number of aromatic nitrogens is 1. The Balaban J connectivity index is 0.00000363. The Hall–Kier alpha value is -2.42. The van der Waals surface area contributed by atoms with E-state index in [2.05, 4.69) is 109 Å². The third-order valence-electron chi connectivity index (χ3n) is 5.47. The number of aromatic amines is 1. The first kappa shape index (κ1) is 31.6. The topological polar surface area (TPSA) is 40.5 Å². The van der Waals surface area contributed by atoms with Gasteiger partial charge in [0.2, 0.25) is 0 Å². The fraction of sp³-hybridized carbons (Fsp3) is 0.333. The third kappa shape index (κ3) is 7.55. The molecule has 0 saturated heterocycles. The van der Waals surface area contributed by atoms with Crippen molar-refractivity contribution in [1.82, 2.24) is 4.98 Å². The molecule has 34 heavy (non-hydrogen) atoms. The molecule has 1 heterocycles. The number of para-hydroxylation sites is 2. The number of rotatable bonds is 4. The zero-order chi connectivity index (χ0) is 22.8. The molecular weight excluding hydrogens is 458 g/mol. The zero-order valence-electron chi connectivity index (χ0n) is 22.5. The van der Waals surface area contributed by atoms with Crippen molar-refractivity contribution in [3.63, 3.8) is 0 Å². The summed E-state index contributed by atoms with van der Waals surface area (Å²) in [6.07, 6.45) is 0. The maximum Gasteiger partial charge on any atom is 2.00 e. The van der Waals surface area contributed by atoms with Gasteiger partial charge >= 0.3 is 17.1 Å². The van der Waals surface area contributed by atoms with Gasteiger partial charge in [0, 0.05) is 0 Å². The van der Waals surface area contributed by atoms with Crippen LogP contribution in [0, 0.1) is 14.9 Å². The van der Waals surface area contributed by atoms with Gasteiger partial charge < -0.3 is 19.8 Å². The van der Waals surface area contributed by atoms with Gasteiger partial charge in [0.25, 0.3) is 0 Å². The van der Waals surface area contributed by atoms with Crippen LogP contribution in [0.15, 0.2) is 70.6 Å². The zero-order valence-corrected chi connectivity index (χ0v) is 23.6. The number of H-pyrrole nitrogens is 1. The predicted molar refractivity (Wildman–Crippen MR) is 148 cm³/mol. The molecule has 0 radical (unpaired) electrons. The molecule has 0 unspecified atom stereocenters. The quantitative estimate of drug-likeness (QED) is 0.212. The number of hydrogen-bond acceptors (Lipinski definition) is 2. The van der Waals surface area contributed by atoms with E-state index in [1.54, 1.807) is 0 Å². The molecule has 0 spiro atoms. The normalized spacial score (nSPS) is 12.4. The first-order chi connectivity index (χ1) is 14.5. The van der Waals surface area contributed by atoms with Crippen LogP contribution in [0.3, 0.4) is 0 Å². The summed E-state index contributed by atoms with van der Waals surface area (Å²) in [4.78, 5) is 13.4. The average Bonchev–Trinajstić information content (AvgIpc) is 3.18.